The normalized spacial score (nSPS) is 12.4. The van der Waals surface area contributed by atoms with Gasteiger partial charge in [0.05, 0.1) is 6.10 Å². The maximum Gasteiger partial charge on any atom is 0.0567 e. The van der Waals surface area contributed by atoms with Crippen molar-refractivity contribution in [2.24, 2.45) is 0 Å². The molecule has 1 N–H and O–H groups in total. The lowest BCUT2D eigenvalue weighted by Gasteiger charge is -2.05. The van der Waals surface area contributed by atoms with Crippen molar-refractivity contribution < 1.29 is 5.11 Å². The fraction of sp³-hybridized carbons (Fsp3) is 0.214. The Labute approximate surface area is 95.6 Å². The maximum atomic E-state index is 9.25. The first kappa shape index (κ1) is 10.8. The lowest BCUT2D eigenvalue weighted by Crippen LogP contribution is -2.05. The third-order valence-corrected chi connectivity index (χ3v) is 2.44. The molecular formula is C14H15NO. The molecule has 0 aliphatic carbocycles. The molecule has 1 heterocycles. The van der Waals surface area contributed by atoms with Gasteiger partial charge in [0.2, 0.25) is 0 Å². The Bertz CT molecular complexity index is 434. The van der Waals surface area contributed by atoms with Gasteiger partial charge in [0.15, 0.2) is 0 Å². The van der Waals surface area contributed by atoms with Crippen molar-refractivity contribution in [1.29, 1.82) is 0 Å². The summed E-state index contributed by atoms with van der Waals surface area (Å²) in [7, 11) is 0. The summed E-state index contributed by atoms with van der Waals surface area (Å²) in [5.74, 6) is 0. The molecule has 2 rings (SSSR count). The number of hydrogen-bond acceptors (Lipinski definition) is 2. The van der Waals surface area contributed by atoms with Crippen LogP contribution >= 0.6 is 0 Å². The highest BCUT2D eigenvalue weighted by molar-refractivity contribution is 5.62. The van der Waals surface area contributed by atoms with E-state index in [1.165, 1.54) is 5.56 Å². The smallest absolute Gasteiger partial charge is 0.0567 e. The largest absolute Gasteiger partial charge is 0.393 e. The number of aromatic nitrogens is 1. The number of rotatable bonds is 3. The molecular weight excluding hydrogens is 198 g/mol. The van der Waals surface area contributed by atoms with Crippen molar-refractivity contribution in [3.63, 3.8) is 0 Å². The summed E-state index contributed by atoms with van der Waals surface area (Å²) in [4.78, 5) is 4.34. The fourth-order valence-corrected chi connectivity index (χ4v) is 1.65. The van der Waals surface area contributed by atoms with E-state index in [2.05, 4.69) is 17.1 Å². The van der Waals surface area contributed by atoms with Gasteiger partial charge in [-0.25, -0.2) is 0 Å². The standard InChI is InChI=1S/C14H15NO/c1-11(16)9-14-8-7-13(10-15-14)12-5-3-2-4-6-12/h2-8,10-11,16H,9H2,1H3. The zero-order valence-corrected chi connectivity index (χ0v) is 9.30. The average Bonchev–Trinajstić information content (AvgIpc) is 2.30. The lowest BCUT2D eigenvalue weighted by molar-refractivity contribution is 0.194. The van der Waals surface area contributed by atoms with Gasteiger partial charge in [-0.05, 0) is 18.6 Å². The molecule has 0 fully saturated rings. The van der Waals surface area contributed by atoms with E-state index < -0.39 is 0 Å². The van der Waals surface area contributed by atoms with Crippen LogP contribution in [0.1, 0.15) is 12.6 Å². The fourth-order valence-electron chi connectivity index (χ4n) is 1.65. The molecule has 0 aliphatic heterocycles. The topological polar surface area (TPSA) is 33.1 Å². The van der Waals surface area contributed by atoms with Crippen molar-refractivity contribution in [3.8, 4) is 11.1 Å². The molecule has 0 aliphatic rings. The summed E-state index contributed by atoms with van der Waals surface area (Å²) in [6, 6.07) is 14.2. The predicted octanol–water partition coefficient (Wildman–Crippen LogP) is 2.67. The van der Waals surface area contributed by atoms with Crippen LogP contribution in [0, 0.1) is 0 Å². The summed E-state index contributed by atoms with van der Waals surface area (Å²) in [6.07, 6.45) is 2.12. The van der Waals surface area contributed by atoms with Crippen LogP contribution in [-0.4, -0.2) is 16.2 Å². The number of aliphatic hydroxyl groups is 1. The van der Waals surface area contributed by atoms with E-state index in [1.54, 1.807) is 6.92 Å². The molecule has 2 nitrogen and oxygen atoms in total. The second kappa shape index (κ2) is 4.90. The second-order valence-electron chi connectivity index (χ2n) is 3.96. The number of nitrogens with zero attached hydrogens (tertiary/aromatic N) is 1. The van der Waals surface area contributed by atoms with Crippen LogP contribution in [0.4, 0.5) is 0 Å². The van der Waals surface area contributed by atoms with Gasteiger partial charge >= 0.3 is 0 Å². The first-order chi connectivity index (χ1) is 7.75. The van der Waals surface area contributed by atoms with Crippen LogP contribution in [-0.2, 0) is 6.42 Å². The van der Waals surface area contributed by atoms with Gasteiger partial charge in [-0.2, -0.15) is 0 Å². The summed E-state index contributed by atoms with van der Waals surface area (Å²) >= 11 is 0. The third-order valence-electron chi connectivity index (χ3n) is 2.44. The number of hydrogen-bond donors (Lipinski definition) is 1. The van der Waals surface area contributed by atoms with Crippen LogP contribution in [0.2, 0.25) is 0 Å². The third kappa shape index (κ3) is 2.67. The molecule has 1 atom stereocenters. The summed E-state index contributed by atoms with van der Waals surface area (Å²) in [5.41, 5.74) is 3.20. The van der Waals surface area contributed by atoms with E-state index in [0.717, 1.165) is 11.3 Å². The lowest BCUT2D eigenvalue weighted by atomic mass is 10.1. The Morgan fingerprint density at radius 1 is 1.06 bits per heavy atom. The molecule has 82 valence electrons. The van der Waals surface area contributed by atoms with Crippen LogP contribution in [0.5, 0.6) is 0 Å². The van der Waals surface area contributed by atoms with Crippen molar-refractivity contribution in [3.05, 3.63) is 54.4 Å². The van der Waals surface area contributed by atoms with Crippen LogP contribution in [0.25, 0.3) is 11.1 Å². The zero-order chi connectivity index (χ0) is 11.4. The number of pyridine rings is 1. The van der Waals surface area contributed by atoms with Gasteiger partial charge < -0.3 is 5.11 Å². The van der Waals surface area contributed by atoms with Gasteiger partial charge in [0, 0.05) is 23.9 Å². The molecule has 2 heteroatoms. The molecule has 2 aromatic rings. The first-order valence-electron chi connectivity index (χ1n) is 5.44. The summed E-state index contributed by atoms with van der Waals surface area (Å²) in [6.45, 7) is 1.77. The first-order valence-corrected chi connectivity index (χ1v) is 5.44. The predicted molar refractivity (Wildman–Crippen MR) is 65.1 cm³/mol. The van der Waals surface area contributed by atoms with Gasteiger partial charge in [-0.15, -0.1) is 0 Å². The minimum Gasteiger partial charge on any atom is -0.393 e. The van der Waals surface area contributed by atoms with Crippen LogP contribution in [0.15, 0.2) is 48.7 Å². The average molecular weight is 213 g/mol. The van der Waals surface area contributed by atoms with Crippen LogP contribution < -0.4 is 0 Å². The van der Waals surface area contributed by atoms with Crippen LogP contribution in [0.3, 0.4) is 0 Å². The van der Waals surface area contributed by atoms with E-state index in [0.29, 0.717) is 6.42 Å². The minimum atomic E-state index is -0.338. The molecule has 1 aromatic carbocycles. The van der Waals surface area contributed by atoms with Gasteiger partial charge in [-0.1, -0.05) is 36.4 Å². The molecule has 1 unspecified atom stereocenters. The Kier molecular flexibility index (Phi) is 3.32. The molecule has 0 saturated carbocycles. The number of benzene rings is 1. The van der Waals surface area contributed by atoms with E-state index in [-0.39, 0.29) is 6.10 Å². The molecule has 0 saturated heterocycles. The van der Waals surface area contributed by atoms with Gasteiger partial charge in [0.1, 0.15) is 0 Å². The maximum absolute atomic E-state index is 9.25. The molecule has 0 bridgehead atoms. The quantitative estimate of drug-likeness (QED) is 0.850. The minimum absolute atomic E-state index is 0.338. The molecule has 16 heavy (non-hydrogen) atoms. The molecule has 1 aromatic heterocycles. The highest BCUT2D eigenvalue weighted by Gasteiger charge is 2.01. The van der Waals surface area contributed by atoms with E-state index in [1.807, 2.05) is 36.5 Å². The SMILES string of the molecule is CC(O)Cc1ccc(-c2ccccc2)cn1. The highest BCUT2D eigenvalue weighted by Crippen LogP contribution is 2.17. The molecule has 0 radical (unpaired) electrons. The molecule has 0 spiro atoms. The Morgan fingerprint density at radius 3 is 2.38 bits per heavy atom. The summed E-state index contributed by atoms with van der Waals surface area (Å²) in [5, 5.41) is 9.25. The zero-order valence-electron chi connectivity index (χ0n) is 9.30. The Balaban J connectivity index is 2.20. The Hall–Kier alpha value is -1.67. The van der Waals surface area contributed by atoms with E-state index >= 15 is 0 Å². The monoisotopic (exact) mass is 213 g/mol. The van der Waals surface area contributed by atoms with E-state index in [4.69, 9.17) is 0 Å². The van der Waals surface area contributed by atoms with Crippen molar-refractivity contribution in [1.82, 2.24) is 4.98 Å². The highest BCUT2D eigenvalue weighted by atomic mass is 16.3. The number of aliphatic hydroxyl groups excluding tert-OH is 1. The van der Waals surface area contributed by atoms with Crippen molar-refractivity contribution >= 4 is 0 Å². The Morgan fingerprint density at radius 2 is 1.81 bits per heavy atom. The molecule has 0 amide bonds. The second-order valence-corrected chi connectivity index (χ2v) is 3.96. The van der Waals surface area contributed by atoms with Crippen molar-refractivity contribution in [2.75, 3.05) is 0 Å². The van der Waals surface area contributed by atoms with Crippen molar-refractivity contribution in [2.45, 2.75) is 19.4 Å². The summed E-state index contributed by atoms with van der Waals surface area (Å²) < 4.78 is 0. The van der Waals surface area contributed by atoms with E-state index in [9.17, 15) is 5.11 Å². The van der Waals surface area contributed by atoms with Gasteiger partial charge in [0.25, 0.3) is 0 Å². The van der Waals surface area contributed by atoms with Gasteiger partial charge in [-0.3, -0.25) is 4.98 Å².